The molecule has 3 rings (SSSR count). The molecule has 2 aromatic rings. The number of ketones is 1. The van der Waals surface area contributed by atoms with Gasteiger partial charge in [0, 0.05) is 11.1 Å². The minimum atomic E-state index is 0.173. The highest BCUT2D eigenvalue weighted by atomic mass is 16.1. The van der Waals surface area contributed by atoms with E-state index in [0.717, 1.165) is 35.1 Å². The molecule has 0 unspecified atom stereocenters. The molecule has 21 heavy (non-hydrogen) atoms. The number of carbonyl (C=O) groups is 1. The van der Waals surface area contributed by atoms with Crippen molar-refractivity contribution in [3.05, 3.63) is 68.8 Å². The van der Waals surface area contributed by atoms with E-state index in [1.54, 1.807) is 0 Å². The van der Waals surface area contributed by atoms with Crippen molar-refractivity contribution in [3.8, 4) is 0 Å². The summed E-state index contributed by atoms with van der Waals surface area (Å²) in [6, 6.07) is 8.43. The van der Waals surface area contributed by atoms with Crippen LogP contribution in [0.3, 0.4) is 0 Å². The van der Waals surface area contributed by atoms with Crippen LogP contribution in [0.4, 0.5) is 0 Å². The lowest BCUT2D eigenvalue weighted by atomic mass is 9.88. The van der Waals surface area contributed by atoms with Crippen molar-refractivity contribution in [1.29, 1.82) is 0 Å². The van der Waals surface area contributed by atoms with Crippen LogP contribution < -0.4 is 0 Å². The lowest BCUT2D eigenvalue weighted by Crippen LogP contribution is -2.09. The molecule has 0 saturated carbocycles. The van der Waals surface area contributed by atoms with Crippen molar-refractivity contribution in [2.45, 2.75) is 47.0 Å². The number of hydrogen-bond donors (Lipinski definition) is 0. The van der Waals surface area contributed by atoms with Crippen molar-refractivity contribution in [3.63, 3.8) is 0 Å². The van der Waals surface area contributed by atoms with Gasteiger partial charge in [0.2, 0.25) is 0 Å². The second-order valence-corrected chi connectivity index (χ2v) is 6.30. The average molecular weight is 278 g/mol. The van der Waals surface area contributed by atoms with Gasteiger partial charge < -0.3 is 0 Å². The third kappa shape index (κ3) is 2.31. The Kier molecular flexibility index (Phi) is 3.44. The Hall–Kier alpha value is -1.89. The summed E-state index contributed by atoms with van der Waals surface area (Å²) in [7, 11) is 0. The molecule has 0 amide bonds. The number of carbonyl (C=O) groups excluding carboxylic acids is 1. The first-order valence-electron chi connectivity index (χ1n) is 7.73. The van der Waals surface area contributed by atoms with E-state index in [0.29, 0.717) is 0 Å². The number of hydrogen-bond acceptors (Lipinski definition) is 1. The largest absolute Gasteiger partial charge is 0.289 e. The van der Waals surface area contributed by atoms with Crippen LogP contribution in [0.15, 0.2) is 24.3 Å². The number of benzene rings is 2. The third-order valence-corrected chi connectivity index (χ3v) is 4.95. The molecule has 0 N–H and O–H groups in total. The molecule has 2 aromatic carbocycles. The van der Waals surface area contributed by atoms with E-state index < -0.39 is 0 Å². The predicted molar refractivity (Wildman–Crippen MR) is 87.3 cm³/mol. The van der Waals surface area contributed by atoms with E-state index in [4.69, 9.17) is 0 Å². The van der Waals surface area contributed by atoms with Gasteiger partial charge in [0.1, 0.15) is 0 Å². The van der Waals surface area contributed by atoms with Gasteiger partial charge in [-0.05, 0) is 86.4 Å². The zero-order valence-corrected chi connectivity index (χ0v) is 13.3. The van der Waals surface area contributed by atoms with Crippen LogP contribution in [0.2, 0.25) is 0 Å². The molecule has 0 atom stereocenters. The summed E-state index contributed by atoms with van der Waals surface area (Å²) in [4.78, 5) is 13.0. The van der Waals surface area contributed by atoms with E-state index in [1.165, 1.54) is 28.7 Å². The Morgan fingerprint density at radius 3 is 2.14 bits per heavy atom. The number of fused-ring (bicyclic) bond motifs is 1. The number of aryl methyl sites for hydroxylation is 4. The van der Waals surface area contributed by atoms with Gasteiger partial charge >= 0.3 is 0 Å². The fourth-order valence-electron chi connectivity index (χ4n) is 3.41. The Morgan fingerprint density at radius 1 is 0.857 bits per heavy atom. The van der Waals surface area contributed by atoms with Gasteiger partial charge in [-0.2, -0.15) is 0 Å². The lowest BCUT2D eigenvalue weighted by molar-refractivity contribution is 0.103. The normalized spacial score (nSPS) is 13.3. The Bertz CT molecular complexity index is 712. The molecule has 0 fully saturated rings. The van der Waals surface area contributed by atoms with Gasteiger partial charge in [0.25, 0.3) is 0 Å². The van der Waals surface area contributed by atoms with E-state index in [-0.39, 0.29) is 5.78 Å². The predicted octanol–water partition coefficient (Wildman–Crippen LogP) is 4.64. The highest BCUT2D eigenvalue weighted by Gasteiger charge is 2.19. The molecule has 0 bridgehead atoms. The molecule has 0 spiro atoms. The average Bonchev–Trinajstić information content (AvgIpc) is 2.92. The Labute approximate surface area is 127 Å². The maximum atomic E-state index is 13.0. The Morgan fingerprint density at radius 2 is 1.48 bits per heavy atom. The monoisotopic (exact) mass is 278 g/mol. The van der Waals surface area contributed by atoms with Crippen LogP contribution in [0.25, 0.3) is 0 Å². The van der Waals surface area contributed by atoms with E-state index in [1.807, 2.05) is 6.07 Å². The number of rotatable bonds is 2. The molecule has 0 heterocycles. The van der Waals surface area contributed by atoms with Gasteiger partial charge in [-0.15, -0.1) is 0 Å². The maximum absolute atomic E-state index is 13.0. The first-order valence-corrected chi connectivity index (χ1v) is 7.73. The highest BCUT2D eigenvalue weighted by Crippen LogP contribution is 2.27. The quantitative estimate of drug-likeness (QED) is 0.731. The van der Waals surface area contributed by atoms with Crippen molar-refractivity contribution in [2.24, 2.45) is 0 Å². The topological polar surface area (TPSA) is 17.1 Å². The summed E-state index contributed by atoms with van der Waals surface area (Å²) in [6.07, 6.45) is 3.49. The molecular weight excluding hydrogens is 256 g/mol. The first-order chi connectivity index (χ1) is 9.99. The van der Waals surface area contributed by atoms with Crippen molar-refractivity contribution < 1.29 is 4.79 Å². The minimum Gasteiger partial charge on any atom is -0.289 e. The minimum absolute atomic E-state index is 0.173. The fraction of sp³-hybridized carbons (Fsp3) is 0.350. The fourth-order valence-corrected chi connectivity index (χ4v) is 3.41. The van der Waals surface area contributed by atoms with E-state index in [9.17, 15) is 4.79 Å². The summed E-state index contributed by atoms with van der Waals surface area (Å²) in [6.45, 7) is 8.28. The molecule has 1 heteroatoms. The standard InChI is InChI=1S/C20H22O/c1-12-10-13(2)15(4)19(14(12)3)20(21)18-9-8-16-6-5-7-17(16)11-18/h8-11H,5-7H2,1-4H3. The van der Waals surface area contributed by atoms with E-state index in [2.05, 4.69) is 45.9 Å². The lowest BCUT2D eigenvalue weighted by Gasteiger charge is -2.15. The van der Waals surface area contributed by atoms with Crippen LogP contribution >= 0.6 is 0 Å². The molecule has 108 valence electrons. The van der Waals surface area contributed by atoms with Gasteiger partial charge in [0.15, 0.2) is 5.78 Å². The third-order valence-electron chi connectivity index (χ3n) is 4.95. The van der Waals surface area contributed by atoms with Crippen LogP contribution in [0.5, 0.6) is 0 Å². The zero-order chi connectivity index (χ0) is 15.1. The molecular formula is C20H22O. The van der Waals surface area contributed by atoms with E-state index >= 15 is 0 Å². The molecule has 0 saturated heterocycles. The molecule has 1 aliphatic rings. The van der Waals surface area contributed by atoms with Crippen molar-refractivity contribution in [2.75, 3.05) is 0 Å². The van der Waals surface area contributed by atoms with Crippen LogP contribution in [-0.4, -0.2) is 5.78 Å². The summed E-state index contributed by atoms with van der Waals surface area (Å²) < 4.78 is 0. The van der Waals surface area contributed by atoms with Crippen molar-refractivity contribution in [1.82, 2.24) is 0 Å². The zero-order valence-electron chi connectivity index (χ0n) is 13.3. The van der Waals surface area contributed by atoms with Gasteiger partial charge in [-0.3, -0.25) is 4.79 Å². The van der Waals surface area contributed by atoms with Gasteiger partial charge in [-0.25, -0.2) is 0 Å². The smallest absolute Gasteiger partial charge is 0.193 e. The SMILES string of the molecule is Cc1cc(C)c(C)c(C(=O)c2ccc3c(c2)CCC3)c1C. The molecule has 0 aromatic heterocycles. The summed E-state index contributed by atoms with van der Waals surface area (Å²) in [5.41, 5.74) is 9.13. The second-order valence-electron chi connectivity index (χ2n) is 6.30. The van der Waals surface area contributed by atoms with Crippen LogP contribution in [0.1, 0.15) is 55.7 Å². The Balaban J connectivity index is 2.11. The van der Waals surface area contributed by atoms with Crippen LogP contribution in [-0.2, 0) is 12.8 Å². The second kappa shape index (κ2) is 5.14. The van der Waals surface area contributed by atoms with Crippen molar-refractivity contribution >= 4 is 5.78 Å². The highest BCUT2D eigenvalue weighted by molar-refractivity contribution is 6.11. The molecule has 0 radical (unpaired) electrons. The summed E-state index contributed by atoms with van der Waals surface area (Å²) in [5.74, 6) is 0.173. The molecule has 0 aliphatic heterocycles. The maximum Gasteiger partial charge on any atom is 0.193 e. The first kappa shape index (κ1) is 14.1. The summed E-state index contributed by atoms with van der Waals surface area (Å²) in [5, 5.41) is 0. The summed E-state index contributed by atoms with van der Waals surface area (Å²) >= 11 is 0. The molecule has 1 aliphatic carbocycles. The van der Waals surface area contributed by atoms with Crippen LogP contribution in [0, 0.1) is 27.7 Å². The van der Waals surface area contributed by atoms with Gasteiger partial charge in [0.05, 0.1) is 0 Å². The van der Waals surface area contributed by atoms with Gasteiger partial charge in [-0.1, -0.05) is 18.2 Å². The molecule has 1 nitrogen and oxygen atoms in total.